The highest BCUT2D eigenvalue weighted by molar-refractivity contribution is 5.69. The molecule has 1 unspecified atom stereocenters. The average molecular weight is 355 g/mol. The molecule has 0 aromatic rings. The van der Waals surface area contributed by atoms with E-state index in [9.17, 15) is 4.79 Å². The Morgan fingerprint density at radius 3 is 2.08 bits per heavy atom. The third-order valence-electron chi connectivity index (χ3n) is 5.45. The second-order valence-electron chi connectivity index (χ2n) is 7.70. The zero-order valence-electron chi connectivity index (χ0n) is 16.2. The monoisotopic (exact) mass is 354 g/mol. The van der Waals surface area contributed by atoms with Crippen molar-refractivity contribution in [2.45, 2.75) is 115 Å². The Balaban J connectivity index is 1.66. The van der Waals surface area contributed by atoms with Crippen LogP contribution < -0.4 is 0 Å². The molecule has 0 spiro atoms. The summed E-state index contributed by atoms with van der Waals surface area (Å²) in [6.07, 6.45) is 15.7. The first-order valence-corrected chi connectivity index (χ1v) is 10.7. The van der Waals surface area contributed by atoms with Gasteiger partial charge in [-0.1, -0.05) is 32.6 Å². The van der Waals surface area contributed by atoms with Crippen molar-refractivity contribution in [3.8, 4) is 0 Å². The van der Waals surface area contributed by atoms with E-state index in [2.05, 4.69) is 6.92 Å². The highest BCUT2D eigenvalue weighted by atomic mass is 16.5. The van der Waals surface area contributed by atoms with Crippen LogP contribution in [0.4, 0.5) is 0 Å². The second-order valence-corrected chi connectivity index (χ2v) is 7.70. The zero-order chi connectivity index (χ0) is 17.7. The molecule has 4 nitrogen and oxygen atoms in total. The first kappa shape index (κ1) is 20.7. The van der Waals surface area contributed by atoms with Gasteiger partial charge in [-0.15, -0.1) is 0 Å². The molecule has 146 valence electrons. The molecular formula is C21H38O4. The molecule has 0 N–H and O–H groups in total. The maximum absolute atomic E-state index is 12.2. The van der Waals surface area contributed by atoms with E-state index < -0.39 is 0 Å². The van der Waals surface area contributed by atoms with E-state index in [1.54, 1.807) is 0 Å². The summed E-state index contributed by atoms with van der Waals surface area (Å²) < 4.78 is 17.3. The number of unbranched alkanes of at least 4 members (excludes halogenated alkanes) is 4. The van der Waals surface area contributed by atoms with Crippen molar-refractivity contribution in [3.63, 3.8) is 0 Å². The molecule has 0 radical (unpaired) electrons. The lowest BCUT2D eigenvalue weighted by Gasteiger charge is -2.21. The van der Waals surface area contributed by atoms with E-state index in [0.717, 1.165) is 64.6 Å². The molecule has 2 heterocycles. The molecule has 4 heteroatoms. The van der Waals surface area contributed by atoms with Crippen molar-refractivity contribution in [2.75, 3.05) is 13.2 Å². The summed E-state index contributed by atoms with van der Waals surface area (Å²) in [5.41, 5.74) is 0. The van der Waals surface area contributed by atoms with Crippen molar-refractivity contribution in [3.05, 3.63) is 0 Å². The van der Waals surface area contributed by atoms with E-state index in [0.29, 0.717) is 18.6 Å². The Hall–Kier alpha value is -0.610. The molecule has 2 aliphatic heterocycles. The van der Waals surface area contributed by atoms with Crippen LogP contribution >= 0.6 is 0 Å². The fourth-order valence-electron chi connectivity index (χ4n) is 3.87. The van der Waals surface area contributed by atoms with Crippen LogP contribution in [-0.2, 0) is 19.0 Å². The van der Waals surface area contributed by atoms with E-state index in [1.165, 1.54) is 32.1 Å². The number of rotatable bonds is 13. The predicted molar refractivity (Wildman–Crippen MR) is 99.7 cm³/mol. The number of carbonyl (C=O) groups excluding carboxylic acids is 1. The van der Waals surface area contributed by atoms with Crippen molar-refractivity contribution < 1.29 is 19.0 Å². The number of hydrogen-bond donors (Lipinski definition) is 0. The molecule has 0 aromatic heterocycles. The molecule has 2 aliphatic rings. The van der Waals surface area contributed by atoms with Gasteiger partial charge >= 0.3 is 5.97 Å². The molecule has 0 aromatic carbocycles. The molecule has 3 atom stereocenters. The molecule has 2 rings (SSSR count). The normalized spacial score (nSPS) is 24.5. The summed E-state index contributed by atoms with van der Waals surface area (Å²) in [5, 5.41) is 0. The van der Waals surface area contributed by atoms with Gasteiger partial charge in [0.15, 0.2) is 0 Å². The Morgan fingerprint density at radius 1 is 0.960 bits per heavy atom. The van der Waals surface area contributed by atoms with Gasteiger partial charge in [-0.2, -0.15) is 0 Å². The quantitative estimate of drug-likeness (QED) is 0.338. The molecule has 0 saturated carbocycles. The topological polar surface area (TPSA) is 44.8 Å². The highest BCUT2D eigenvalue weighted by Gasteiger charge is 2.23. The van der Waals surface area contributed by atoms with Crippen LogP contribution in [0.2, 0.25) is 0 Å². The molecule has 0 amide bonds. The van der Waals surface area contributed by atoms with Gasteiger partial charge in [0, 0.05) is 19.6 Å². The smallest absolute Gasteiger partial charge is 0.306 e. The lowest BCUT2D eigenvalue weighted by atomic mass is 10.0. The molecule has 0 aliphatic carbocycles. The Kier molecular flexibility index (Phi) is 10.5. The summed E-state index contributed by atoms with van der Waals surface area (Å²) in [6, 6.07) is 0. The van der Waals surface area contributed by atoms with Crippen LogP contribution in [0.15, 0.2) is 0 Å². The maximum Gasteiger partial charge on any atom is 0.306 e. The first-order valence-electron chi connectivity index (χ1n) is 10.7. The van der Waals surface area contributed by atoms with Crippen LogP contribution in [-0.4, -0.2) is 37.5 Å². The molecule has 2 saturated heterocycles. The van der Waals surface area contributed by atoms with Gasteiger partial charge in [-0.05, 0) is 57.8 Å². The van der Waals surface area contributed by atoms with Crippen LogP contribution in [0.1, 0.15) is 96.8 Å². The van der Waals surface area contributed by atoms with E-state index in [1.807, 2.05) is 0 Å². The maximum atomic E-state index is 12.2. The van der Waals surface area contributed by atoms with Crippen LogP contribution in [0.25, 0.3) is 0 Å². The van der Waals surface area contributed by atoms with Gasteiger partial charge in [-0.25, -0.2) is 0 Å². The first-order chi connectivity index (χ1) is 12.3. The minimum Gasteiger partial charge on any atom is -0.462 e. The van der Waals surface area contributed by atoms with E-state index >= 15 is 0 Å². The minimum atomic E-state index is -0.0128. The van der Waals surface area contributed by atoms with Crippen LogP contribution in [0, 0.1) is 0 Å². The van der Waals surface area contributed by atoms with Gasteiger partial charge in [-0.3, -0.25) is 4.79 Å². The Labute approximate surface area is 154 Å². The van der Waals surface area contributed by atoms with Crippen LogP contribution in [0.3, 0.4) is 0 Å². The lowest BCUT2D eigenvalue weighted by molar-refractivity contribution is -0.150. The summed E-state index contributed by atoms with van der Waals surface area (Å²) in [5.74, 6) is -0.0128. The van der Waals surface area contributed by atoms with Crippen molar-refractivity contribution >= 4 is 5.97 Å². The zero-order valence-corrected chi connectivity index (χ0v) is 16.2. The van der Waals surface area contributed by atoms with Crippen molar-refractivity contribution in [1.29, 1.82) is 0 Å². The van der Waals surface area contributed by atoms with E-state index in [-0.39, 0.29) is 12.1 Å². The molecule has 2 fully saturated rings. The molecular weight excluding hydrogens is 316 g/mol. The fraction of sp³-hybridized carbons (Fsp3) is 0.952. The SMILES string of the molecule is CCCCCCCC(=O)OC(CC[C@H]1CCCO1)CC[C@@H]1CCCO1. The molecule has 25 heavy (non-hydrogen) atoms. The largest absolute Gasteiger partial charge is 0.462 e. The summed E-state index contributed by atoms with van der Waals surface area (Å²) in [4.78, 5) is 12.2. The third kappa shape index (κ3) is 9.05. The van der Waals surface area contributed by atoms with Gasteiger partial charge < -0.3 is 14.2 Å². The predicted octanol–water partition coefficient (Wildman–Crippen LogP) is 5.18. The fourth-order valence-corrected chi connectivity index (χ4v) is 3.87. The van der Waals surface area contributed by atoms with Gasteiger partial charge in [0.05, 0.1) is 12.2 Å². The Bertz CT molecular complexity index is 326. The lowest BCUT2D eigenvalue weighted by Crippen LogP contribution is -2.22. The number of carbonyl (C=O) groups is 1. The second kappa shape index (κ2) is 12.7. The summed E-state index contributed by atoms with van der Waals surface area (Å²) >= 11 is 0. The van der Waals surface area contributed by atoms with Crippen molar-refractivity contribution in [1.82, 2.24) is 0 Å². The van der Waals surface area contributed by atoms with Crippen molar-refractivity contribution in [2.24, 2.45) is 0 Å². The van der Waals surface area contributed by atoms with Crippen LogP contribution in [0.5, 0.6) is 0 Å². The van der Waals surface area contributed by atoms with Gasteiger partial charge in [0.2, 0.25) is 0 Å². The standard InChI is InChI=1S/C21H38O4/c1-2-3-4-5-6-11-21(22)25-20(14-12-18-9-7-16-23-18)15-13-19-10-8-17-24-19/h18-20H,2-17H2,1H3/t18-,19+,20?. The highest BCUT2D eigenvalue weighted by Crippen LogP contribution is 2.23. The number of ether oxygens (including phenoxy) is 3. The average Bonchev–Trinajstić information content (AvgIpc) is 3.30. The number of esters is 1. The third-order valence-corrected chi connectivity index (χ3v) is 5.45. The van der Waals surface area contributed by atoms with Gasteiger partial charge in [0.25, 0.3) is 0 Å². The minimum absolute atomic E-state index is 0.0128. The van der Waals surface area contributed by atoms with Gasteiger partial charge in [0.1, 0.15) is 6.10 Å². The summed E-state index contributed by atoms with van der Waals surface area (Å²) in [6.45, 7) is 3.99. The number of hydrogen-bond acceptors (Lipinski definition) is 4. The summed E-state index contributed by atoms with van der Waals surface area (Å²) in [7, 11) is 0. The molecule has 0 bridgehead atoms. The van der Waals surface area contributed by atoms with E-state index in [4.69, 9.17) is 14.2 Å². The Morgan fingerprint density at radius 2 is 1.56 bits per heavy atom.